The Hall–Kier alpha value is -6.65. The van der Waals surface area contributed by atoms with Crippen molar-refractivity contribution in [3.8, 4) is 11.1 Å². The summed E-state index contributed by atoms with van der Waals surface area (Å²) < 4.78 is 41.5. The van der Waals surface area contributed by atoms with E-state index in [9.17, 15) is 48.2 Å². The molecule has 6 aliphatic rings. The number of piperidine rings is 2. The number of piperazine rings is 1. The molecule has 0 radical (unpaired) electrons. The van der Waals surface area contributed by atoms with Crippen LogP contribution in [-0.4, -0.2) is 137 Å². The molecule has 4 N–H and O–H groups in total. The Morgan fingerprint density at radius 2 is 1.63 bits per heavy atom. The van der Waals surface area contributed by atoms with Crippen LogP contribution in [0, 0.1) is 0 Å². The molecule has 5 amide bonds. The zero-order valence-electron chi connectivity index (χ0n) is 44.9. The number of phosphoric ester groups is 1. The van der Waals surface area contributed by atoms with Crippen molar-refractivity contribution in [3.05, 3.63) is 109 Å². The Kier molecular flexibility index (Phi) is 12.8. The maximum absolute atomic E-state index is 14.1. The van der Waals surface area contributed by atoms with E-state index in [-0.39, 0.29) is 53.5 Å². The minimum Gasteiger partial charge on any atom is -0.392 e. The average Bonchev–Trinajstić information content (AvgIpc) is 4.20. The molecule has 5 aromatic rings. The van der Waals surface area contributed by atoms with E-state index in [0.29, 0.717) is 69.5 Å². The fraction of sp³-hybridized carbons (Fsp3) is 0.434. The van der Waals surface area contributed by atoms with Crippen LogP contribution in [-0.2, 0) is 51.5 Å². The fourth-order valence-corrected chi connectivity index (χ4v) is 13.9. The van der Waals surface area contributed by atoms with Gasteiger partial charge in [0.1, 0.15) is 29.6 Å². The maximum atomic E-state index is 14.1. The van der Waals surface area contributed by atoms with Crippen LogP contribution in [0.4, 0.5) is 28.7 Å². The lowest BCUT2D eigenvalue weighted by Gasteiger charge is -2.46. The van der Waals surface area contributed by atoms with Gasteiger partial charge in [-0.2, -0.15) is 0 Å². The number of carbonyl (C=O) groups is 5. The quantitative estimate of drug-likeness (QED) is 0.0951. The molecule has 11 rings (SSSR count). The standard InChI is InChI=1S/C53H59N10O11PS/c1-30-27-59(33-15-19-58(20-16-33)34-8-10-39-40(25-34)50(67)63(49(39)66)43-11-13-46(65)62(52(43)69)31(2)74-75(71,72)73)22-23-60(30)35-9-12-45(55-26-35)56-42-24-32(28-57(3)51(42)68)36-14-18-54-48(41(36)29-64)61-21-17-38-37-6-4-5-7-44(37)76-47(38)53(61)70/h8-10,12,14,18,24-26,28,30-31,33,43,64H,4-7,11,13,15-17,19-23,27,29H2,1-3H3,(H,55,56)(H2,71,72,73)/t30-,31?,43-/m0/s1/i3D3. The normalized spacial score (nSPS) is 21.8. The molecule has 5 aliphatic heterocycles. The van der Waals surface area contributed by atoms with E-state index < -0.39 is 62.9 Å². The summed E-state index contributed by atoms with van der Waals surface area (Å²) in [4.78, 5) is 121. The molecule has 0 spiro atoms. The number of thiophene rings is 1. The highest BCUT2D eigenvalue weighted by molar-refractivity contribution is 7.46. The number of aliphatic hydroxyl groups is 1. The van der Waals surface area contributed by atoms with Gasteiger partial charge < -0.3 is 34.6 Å². The molecule has 1 aliphatic carbocycles. The van der Waals surface area contributed by atoms with Crippen molar-refractivity contribution in [3.63, 3.8) is 0 Å². The van der Waals surface area contributed by atoms with E-state index in [1.165, 1.54) is 28.9 Å². The second kappa shape index (κ2) is 20.4. The number of likely N-dealkylation sites (tertiary alicyclic amines) is 1. The van der Waals surface area contributed by atoms with Gasteiger partial charge in [-0.3, -0.25) is 52.9 Å². The molecule has 4 aromatic heterocycles. The van der Waals surface area contributed by atoms with Crippen LogP contribution in [0.1, 0.15) is 108 Å². The molecule has 398 valence electrons. The highest BCUT2D eigenvalue weighted by Gasteiger charge is 2.49. The number of aliphatic hydroxyl groups excluding tert-OH is 1. The van der Waals surface area contributed by atoms with Crippen molar-refractivity contribution in [1.29, 1.82) is 0 Å². The number of benzene rings is 1. The number of anilines is 5. The van der Waals surface area contributed by atoms with Crippen molar-refractivity contribution < 1.29 is 52.1 Å². The minimum absolute atomic E-state index is 0.0509. The predicted octanol–water partition coefficient (Wildman–Crippen LogP) is 4.97. The highest BCUT2D eigenvalue weighted by atomic mass is 32.1. The smallest absolute Gasteiger partial charge is 0.392 e. The first-order chi connectivity index (χ1) is 37.7. The van der Waals surface area contributed by atoms with Crippen LogP contribution >= 0.6 is 19.2 Å². The van der Waals surface area contributed by atoms with Crippen molar-refractivity contribution >= 4 is 77.4 Å². The van der Waals surface area contributed by atoms with Crippen LogP contribution in [0.2, 0.25) is 0 Å². The number of hydrogen-bond acceptors (Lipinski definition) is 16. The monoisotopic (exact) mass is 1080 g/mol. The first-order valence-corrected chi connectivity index (χ1v) is 28.0. The molecular weight excluding hydrogens is 1020 g/mol. The number of rotatable bonds is 12. The number of fused-ring (bicyclic) bond motifs is 4. The van der Waals surface area contributed by atoms with Gasteiger partial charge in [0.25, 0.3) is 29.2 Å². The summed E-state index contributed by atoms with van der Waals surface area (Å²) in [6.07, 6.45) is 8.94. The third-order valence-electron chi connectivity index (χ3n) is 15.7. The molecule has 0 saturated carbocycles. The number of imide groups is 2. The third kappa shape index (κ3) is 9.43. The second-order valence-electron chi connectivity index (χ2n) is 20.2. The zero-order valence-corrected chi connectivity index (χ0v) is 43.6. The van der Waals surface area contributed by atoms with E-state index >= 15 is 0 Å². The van der Waals surface area contributed by atoms with Crippen LogP contribution in [0.15, 0.2) is 65.8 Å². The van der Waals surface area contributed by atoms with Crippen LogP contribution in [0.25, 0.3) is 11.1 Å². The Bertz CT molecular complexity index is 3420. The fourth-order valence-electron chi connectivity index (χ4n) is 12.0. The van der Waals surface area contributed by atoms with Crippen molar-refractivity contribution in [2.45, 2.75) is 103 Å². The van der Waals surface area contributed by atoms with Gasteiger partial charge >= 0.3 is 7.82 Å². The Morgan fingerprint density at radius 1 is 0.855 bits per heavy atom. The Balaban J connectivity index is 0.726. The lowest BCUT2D eigenvalue weighted by atomic mass is 9.92. The van der Waals surface area contributed by atoms with Crippen LogP contribution in [0.5, 0.6) is 0 Å². The van der Waals surface area contributed by atoms with Crippen molar-refractivity contribution in [2.24, 2.45) is 6.98 Å². The largest absolute Gasteiger partial charge is 0.471 e. The first kappa shape index (κ1) is 47.8. The molecule has 3 atom stereocenters. The van der Waals surface area contributed by atoms with Gasteiger partial charge in [-0.1, -0.05) is 0 Å². The molecular formula is C53H59N10O11PS. The summed E-state index contributed by atoms with van der Waals surface area (Å²) in [5.41, 5.74) is 4.50. The third-order valence-corrected chi connectivity index (χ3v) is 17.6. The second-order valence-corrected chi connectivity index (χ2v) is 22.5. The van der Waals surface area contributed by atoms with Gasteiger partial charge in [-0.15, -0.1) is 11.3 Å². The molecule has 1 aromatic carbocycles. The SMILES string of the molecule is [2H]C([2H])([2H])n1cc(-c2ccnc(N3CCc4c(sc5c4CCCC5)C3=O)c2CO)cc(Nc2ccc(N3CCN(C4CCN(c5ccc6c(c5)C(=O)N([C@H]5CCC(=O)N(C(C)OP(=O)(O)O)C5=O)C6=O)CC4)C[C@@H]3C)cn2)c1=O. The Labute approximate surface area is 446 Å². The van der Waals surface area contributed by atoms with Gasteiger partial charge in [0, 0.05) is 103 Å². The lowest BCUT2D eigenvalue weighted by molar-refractivity contribution is -0.161. The molecule has 1 unspecified atom stereocenters. The first-order valence-electron chi connectivity index (χ1n) is 27.1. The predicted molar refractivity (Wildman–Crippen MR) is 283 cm³/mol. The van der Waals surface area contributed by atoms with E-state index in [2.05, 4.69) is 41.4 Å². The molecule has 9 heterocycles. The summed E-state index contributed by atoms with van der Waals surface area (Å²) in [5, 5.41) is 13.9. The van der Waals surface area contributed by atoms with Gasteiger partial charge in [0.05, 0.1) is 34.5 Å². The van der Waals surface area contributed by atoms with Crippen LogP contribution < -0.4 is 25.6 Å². The Morgan fingerprint density at radius 3 is 2.37 bits per heavy atom. The molecule has 21 nitrogen and oxygen atoms in total. The zero-order chi connectivity index (χ0) is 55.8. The summed E-state index contributed by atoms with van der Waals surface area (Å²) in [5.74, 6) is -2.67. The van der Waals surface area contributed by atoms with Gasteiger partial charge in [-0.25, -0.2) is 14.5 Å². The number of aryl methyl sites for hydroxylation is 2. The number of amides is 5. The molecule has 3 fully saturated rings. The summed E-state index contributed by atoms with van der Waals surface area (Å²) in [7, 11) is -5.08. The number of hydrogen-bond donors (Lipinski definition) is 4. The molecule has 76 heavy (non-hydrogen) atoms. The summed E-state index contributed by atoms with van der Waals surface area (Å²) in [6, 6.07) is 10.8. The number of nitrogens with one attached hydrogen (secondary N) is 1. The van der Waals surface area contributed by atoms with Gasteiger partial charge in [-0.05, 0) is 124 Å². The summed E-state index contributed by atoms with van der Waals surface area (Å²) >= 11 is 1.55. The van der Waals surface area contributed by atoms with E-state index in [1.807, 2.05) is 6.07 Å². The molecule has 0 bridgehead atoms. The van der Waals surface area contributed by atoms with E-state index in [0.717, 1.165) is 80.4 Å². The highest BCUT2D eigenvalue weighted by Crippen LogP contribution is 2.42. The number of carbonyl (C=O) groups excluding carboxylic acids is 5. The average molecular weight is 1080 g/mol. The number of pyridine rings is 3. The van der Waals surface area contributed by atoms with Gasteiger partial charge in [0.15, 0.2) is 0 Å². The van der Waals surface area contributed by atoms with E-state index in [4.69, 9.17) is 4.11 Å². The minimum atomic E-state index is -5.08. The maximum Gasteiger partial charge on any atom is 0.471 e. The van der Waals surface area contributed by atoms with Crippen molar-refractivity contribution in [1.82, 2.24) is 29.2 Å². The van der Waals surface area contributed by atoms with Gasteiger partial charge in [0.2, 0.25) is 5.91 Å². The topological polar surface area (TPSA) is 252 Å². The lowest BCUT2D eigenvalue weighted by Crippen LogP contribution is -2.58. The molecule has 23 heteroatoms. The molecule has 3 saturated heterocycles. The number of nitrogens with zero attached hydrogens (tertiary/aromatic N) is 9. The van der Waals surface area contributed by atoms with Crippen LogP contribution in [0.3, 0.4) is 0 Å². The van der Waals surface area contributed by atoms with Crippen molar-refractivity contribution in [2.75, 3.05) is 59.3 Å². The summed E-state index contributed by atoms with van der Waals surface area (Å²) in [6.45, 7) is 3.94. The van der Waals surface area contributed by atoms with E-state index in [1.54, 1.807) is 52.8 Å². The number of phosphoric acid groups is 1. The number of aromatic nitrogens is 3.